The molecule has 6 nitrogen and oxygen atoms in total. The predicted molar refractivity (Wildman–Crippen MR) is 110 cm³/mol. The van der Waals surface area contributed by atoms with E-state index in [1.165, 1.54) is 0 Å². The predicted octanol–water partition coefficient (Wildman–Crippen LogP) is 3.93. The molecule has 2 aliphatic heterocycles. The normalized spacial score (nSPS) is 21.4. The van der Waals surface area contributed by atoms with Crippen molar-refractivity contribution in [2.24, 2.45) is 0 Å². The van der Waals surface area contributed by atoms with Crippen LogP contribution >= 0.6 is 0 Å². The number of para-hydroxylation sites is 2. The number of ether oxygens (including phenoxy) is 2. The van der Waals surface area contributed by atoms with Crippen LogP contribution in [-0.4, -0.2) is 36.5 Å². The zero-order chi connectivity index (χ0) is 20.2. The van der Waals surface area contributed by atoms with Crippen molar-refractivity contribution in [2.75, 3.05) is 19.0 Å². The highest BCUT2D eigenvalue weighted by Gasteiger charge is 2.34. The Morgan fingerprint density at radius 3 is 2.72 bits per heavy atom. The molecule has 29 heavy (non-hydrogen) atoms. The summed E-state index contributed by atoms with van der Waals surface area (Å²) in [5, 5.41) is 2.84. The van der Waals surface area contributed by atoms with Crippen molar-refractivity contribution in [1.29, 1.82) is 0 Å². The molecule has 1 N–H and O–H groups in total. The van der Waals surface area contributed by atoms with E-state index in [2.05, 4.69) is 5.32 Å². The highest BCUT2D eigenvalue weighted by Crippen LogP contribution is 2.33. The average Bonchev–Trinajstić information content (AvgIpc) is 3.00. The smallest absolute Gasteiger partial charge is 0.266 e. The van der Waals surface area contributed by atoms with Crippen LogP contribution in [0.3, 0.4) is 0 Å². The first kappa shape index (κ1) is 19.3. The van der Waals surface area contributed by atoms with Crippen molar-refractivity contribution >= 4 is 17.5 Å². The molecule has 0 unspecified atom stereocenters. The van der Waals surface area contributed by atoms with Gasteiger partial charge in [-0.05, 0) is 42.7 Å². The van der Waals surface area contributed by atoms with Crippen LogP contribution in [0.4, 0.5) is 5.69 Å². The van der Waals surface area contributed by atoms with E-state index in [4.69, 9.17) is 9.47 Å². The second kappa shape index (κ2) is 8.55. The number of rotatable bonds is 4. The fraction of sp³-hybridized carbons (Fsp3) is 0.391. The minimum absolute atomic E-state index is 0.00911. The Bertz CT molecular complexity index is 881. The van der Waals surface area contributed by atoms with E-state index in [1.54, 1.807) is 19.2 Å². The number of nitrogens with one attached hydrogen (secondary N) is 1. The average molecular weight is 394 g/mol. The first-order valence-corrected chi connectivity index (χ1v) is 10.2. The molecule has 0 aromatic heterocycles. The molecule has 0 saturated carbocycles. The van der Waals surface area contributed by atoms with Crippen molar-refractivity contribution < 1.29 is 19.1 Å². The van der Waals surface area contributed by atoms with Gasteiger partial charge in [0.2, 0.25) is 5.91 Å². The van der Waals surface area contributed by atoms with Crippen LogP contribution in [0.1, 0.15) is 43.7 Å². The number of amides is 2. The summed E-state index contributed by atoms with van der Waals surface area (Å²) in [5.74, 6) is 1.08. The fourth-order valence-electron chi connectivity index (χ4n) is 4.08. The van der Waals surface area contributed by atoms with Crippen LogP contribution in [0.15, 0.2) is 48.5 Å². The fourth-order valence-corrected chi connectivity index (χ4v) is 4.08. The molecule has 2 aliphatic rings. The summed E-state index contributed by atoms with van der Waals surface area (Å²) >= 11 is 0. The number of nitrogens with zero attached hydrogens (tertiary/aromatic N) is 1. The second-order valence-corrected chi connectivity index (χ2v) is 7.52. The molecule has 1 fully saturated rings. The Hall–Kier alpha value is -3.02. The first-order valence-electron chi connectivity index (χ1n) is 10.2. The summed E-state index contributed by atoms with van der Waals surface area (Å²) in [6.07, 6.45) is 3.29. The summed E-state index contributed by atoms with van der Waals surface area (Å²) in [6.45, 7) is 0.695. The van der Waals surface area contributed by atoms with Gasteiger partial charge in [-0.1, -0.05) is 37.1 Å². The SMILES string of the molecule is COc1ccc([C@@H]2CCCCCN2C(=O)C[C@H]2Oc3ccccc3NC2=O)cc1. The summed E-state index contributed by atoms with van der Waals surface area (Å²) in [5.41, 5.74) is 1.74. The van der Waals surface area contributed by atoms with Gasteiger partial charge in [-0.15, -0.1) is 0 Å². The summed E-state index contributed by atoms with van der Waals surface area (Å²) in [6, 6.07) is 15.2. The van der Waals surface area contributed by atoms with Gasteiger partial charge in [0.25, 0.3) is 5.91 Å². The molecule has 2 aromatic carbocycles. The van der Waals surface area contributed by atoms with Gasteiger partial charge in [0.1, 0.15) is 11.5 Å². The van der Waals surface area contributed by atoms with Crippen LogP contribution in [0.2, 0.25) is 0 Å². The number of hydrogen-bond acceptors (Lipinski definition) is 4. The second-order valence-electron chi connectivity index (χ2n) is 7.52. The molecule has 2 heterocycles. The van der Waals surface area contributed by atoms with Gasteiger partial charge in [-0.3, -0.25) is 9.59 Å². The van der Waals surface area contributed by atoms with Gasteiger partial charge < -0.3 is 19.7 Å². The maximum atomic E-state index is 13.2. The maximum Gasteiger partial charge on any atom is 0.266 e. The molecule has 1 saturated heterocycles. The van der Waals surface area contributed by atoms with E-state index in [-0.39, 0.29) is 24.3 Å². The third-order valence-corrected chi connectivity index (χ3v) is 5.64. The number of fused-ring (bicyclic) bond motifs is 1. The van der Waals surface area contributed by atoms with E-state index < -0.39 is 6.10 Å². The molecular formula is C23H26N2O4. The lowest BCUT2D eigenvalue weighted by Gasteiger charge is -2.33. The third-order valence-electron chi connectivity index (χ3n) is 5.64. The van der Waals surface area contributed by atoms with Crippen LogP contribution in [0, 0.1) is 0 Å². The summed E-state index contributed by atoms with van der Waals surface area (Å²) in [4.78, 5) is 27.6. The topological polar surface area (TPSA) is 67.9 Å². The molecule has 0 bridgehead atoms. The lowest BCUT2D eigenvalue weighted by molar-refractivity contribution is -0.139. The summed E-state index contributed by atoms with van der Waals surface area (Å²) in [7, 11) is 1.64. The molecule has 6 heteroatoms. The molecule has 0 spiro atoms. The monoisotopic (exact) mass is 394 g/mol. The Morgan fingerprint density at radius 1 is 1.14 bits per heavy atom. The zero-order valence-corrected chi connectivity index (χ0v) is 16.6. The molecule has 0 radical (unpaired) electrons. The number of carbonyl (C=O) groups excluding carboxylic acids is 2. The molecule has 2 aromatic rings. The summed E-state index contributed by atoms with van der Waals surface area (Å²) < 4.78 is 11.1. The van der Waals surface area contributed by atoms with Gasteiger partial charge in [-0.25, -0.2) is 0 Å². The molecule has 152 valence electrons. The van der Waals surface area contributed by atoms with Gasteiger partial charge in [-0.2, -0.15) is 0 Å². The molecule has 2 atom stereocenters. The van der Waals surface area contributed by atoms with Gasteiger partial charge >= 0.3 is 0 Å². The lowest BCUT2D eigenvalue weighted by Crippen LogP contribution is -2.43. The van der Waals surface area contributed by atoms with E-state index >= 15 is 0 Å². The number of anilines is 1. The largest absolute Gasteiger partial charge is 0.497 e. The molecule has 4 rings (SSSR count). The van der Waals surface area contributed by atoms with Crippen molar-refractivity contribution in [2.45, 2.75) is 44.2 Å². The van der Waals surface area contributed by atoms with Crippen LogP contribution < -0.4 is 14.8 Å². The first-order chi connectivity index (χ1) is 14.2. The number of benzene rings is 2. The van der Waals surface area contributed by atoms with Crippen molar-refractivity contribution in [3.8, 4) is 11.5 Å². The van der Waals surface area contributed by atoms with E-state index in [0.29, 0.717) is 18.0 Å². The van der Waals surface area contributed by atoms with E-state index in [0.717, 1.165) is 37.0 Å². The molecular weight excluding hydrogens is 368 g/mol. The number of carbonyl (C=O) groups is 2. The third kappa shape index (κ3) is 4.21. The van der Waals surface area contributed by atoms with E-state index in [1.807, 2.05) is 41.3 Å². The van der Waals surface area contributed by atoms with Crippen molar-refractivity contribution in [3.63, 3.8) is 0 Å². The van der Waals surface area contributed by atoms with Crippen LogP contribution in [0.25, 0.3) is 0 Å². The number of likely N-dealkylation sites (tertiary alicyclic amines) is 1. The van der Waals surface area contributed by atoms with Crippen molar-refractivity contribution in [3.05, 3.63) is 54.1 Å². The number of hydrogen-bond donors (Lipinski definition) is 1. The highest BCUT2D eigenvalue weighted by molar-refractivity contribution is 6.00. The van der Waals surface area contributed by atoms with Gasteiger partial charge in [0.05, 0.1) is 25.3 Å². The lowest BCUT2D eigenvalue weighted by atomic mass is 10.00. The Kier molecular flexibility index (Phi) is 5.69. The molecule has 0 aliphatic carbocycles. The molecule has 2 amide bonds. The van der Waals surface area contributed by atoms with E-state index in [9.17, 15) is 9.59 Å². The maximum absolute atomic E-state index is 13.2. The Labute approximate surface area is 170 Å². The quantitative estimate of drug-likeness (QED) is 0.853. The standard InChI is InChI=1S/C23H26N2O4/c1-28-17-12-10-16(11-13-17)19-8-3-2-6-14-25(19)22(26)15-21-23(27)24-18-7-4-5-9-20(18)29-21/h4-5,7,9-13,19,21H,2-3,6,8,14-15H2,1H3,(H,24,27)/t19-,21+/m0/s1. The zero-order valence-electron chi connectivity index (χ0n) is 16.6. The Balaban J connectivity index is 1.51. The van der Waals surface area contributed by atoms with Crippen LogP contribution in [0.5, 0.6) is 11.5 Å². The highest BCUT2D eigenvalue weighted by atomic mass is 16.5. The Morgan fingerprint density at radius 2 is 1.93 bits per heavy atom. The number of methoxy groups -OCH3 is 1. The van der Waals surface area contributed by atoms with Crippen molar-refractivity contribution in [1.82, 2.24) is 4.90 Å². The minimum Gasteiger partial charge on any atom is -0.497 e. The van der Waals surface area contributed by atoms with Crippen LogP contribution in [-0.2, 0) is 9.59 Å². The van der Waals surface area contributed by atoms with Gasteiger partial charge in [0.15, 0.2) is 6.10 Å². The van der Waals surface area contributed by atoms with Gasteiger partial charge in [0, 0.05) is 6.54 Å². The minimum atomic E-state index is -0.808.